The van der Waals surface area contributed by atoms with E-state index in [2.05, 4.69) is 4.72 Å². The lowest BCUT2D eigenvalue weighted by atomic mass is 10.0. The Morgan fingerprint density at radius 3 is 2.27 bits per heavy atom. The van der Waals surface area contributed by atoms with E-state index < -0.39 is 22.0 Å². The van der Waals surface area contributed by atoms with Crippen LogP contribution in [0.25, 0.3) is 10.8 Å². The number of hydrogen-bond donors (Lipinski definition) is 2. The van der Waals surface area contributed by atoms with Crippen LogP contribution in [-0.2, 0) is 14.8 Å². The molecule has 0 aliphatic carbocycles. The first-order valence-corrected chi connectivity index (χ1v) is 9.63. The number of fused-ring (bicyclic) bond motifs is 1. The first-order chi connectivity index (χ1) is 11.6. The van der Waals surface area contributed by atoms with Crippen LogP contribution >= 0.6 is 12.4 Å². The fraction of sp³-hybridized carbons (Fsp3) is 0.389. The fourth-order valence-electron chi connectivity index (χ4n) is 2.77. The molecule has 1 amide bonds. The van der Waals surface area contributed by atoms with Crippen molar-refractivity contribution in [2.24, 2.45) is 11.7 Å². The molecular formula is C18H26ClN3O3S. The second-order valence-corrected chi connectivity index (χ2v) is 8.38. The average molecular weight is 400 g/mol. The number of nitrogens with two attached hydrogens (primary N) is 1. The smallest absolute Gasteiger partial charge is 0.264 e. The van der Waals surface area contributed by atoms with Gasteiger partial charge in [0.25, 0.3) is 15.9 Å². The minimum Gasteiger partial charge on any atom is -0.377 e. The zero-order valence-electron chi connectivity index (χ0n) is 15.4. The van der Waals surface area contributed by atoms with E-state index >= 15 is 0 Å². The number of amides is 1. The third kappa shape index (κ3) is 4.87. The van der Waals surface area contributed by atoms with E-state index in [1.165, 1.54) is 6.07 Å². The van der Waals surface area contributed by atoms with Gasteiger partial charge in [0.15, 0.2) is 0 Å². The molecule has 0 unspecified atom stereocenters. The maximum absolute atomic E-state index is 12.7. The molecule has 0 aromatic heterocycles. The van der Waals surface area contributed by atoms with E-state index in [0.29, 0.717) is 11.8 Å². The Morgan fingerprint density at radius 2 is 1.69 bits per heavy atom. The number of nitrogens with one attached hydrogen (secondary N) is 1. The molecule has 0 fully saturated rings. The monoisotopic (exact) mass is 399 g/mol. The Labute approximate surface area is 161 Å². The predicted molar refractivity (Wildman–Crippen MR) is 108 cm³/mol. The van der Waals surface area contributed by atoms with Crippen LogP contribution in [-0.4, -0.2) is 34.5 Å². The topological polar surface area (TPSA) is 92.5 Å². The Balaban J connectivity index is 0.00000338. The minimum absolute atomic E-state index is 0. The van der Waals surface area contributed by atoms with E-state index in [1.54, 1.807) is 18.2 Å². The van der Waals surface area contributed by atoms with E-state index in [4.69, 9.17) is 5.73 Å². The number of halogens is 1. The molecule has 6 nitrogen and oxygen atoms in total. The van der Waals surface area contributed by atoms with Crippen molar-refractivity contribution >= 4 is 44.8 Å². The number of nitrogens with zero attached hydrogens (tertiary/aromatic N) is 1. The van der Waals surface area contributed by atoms with Crippen LogP contribution in [0, 0.1) is 5.92 Å². The largest absolute Gasteiger partial charge is 0.377 e. The normalized spacial score (nSPS) is 12.5. The summed E-state index contributed by atoms with van der Waals surface area (Å²) in [6, 6.07) is 9.60. The van der Waals surface area contributed by atoms with Gasteiger partial charge in [0.2, 0.25) is 0 Å². The number of anilines is 1. The lowest BCUT2D eigenvalue weighted by molar-refractivity contribution is -0.120. The van der Waals surface area contributed by atoms with Crippen LogP contribution in [0.2, 0.25) is 0 Å². The van der Waals surface area contributed by atoms with E-state index in [-0.39, 0.29) is 23.2 Å². The lowest BCUT2D eigenvalue weighted by Gasteiger charge is -2.18. The molecule has 2 aromatic carbocycles. The van der Waals surface area contributed by atoms with Crippen molar-refractivity contribution < 1.29 is 13.2 Å². The summed E-state index contributed by atoms with van der Waals surface area (Å²) in [4.78, 5) is 14.1. The van der Waals surface area contributed by atoms with Crippen molar-refractivity contribution in [3.05, 3.63) is 36.4 Å². The molecule has 8 heteroatoms. The summed E-state index contributed by atoms with van der Waals surface area (Å²) in [6.45, 7) is 3.85. The van der Waals surface area contributed by atoms with Crippen molar-refractivity contribution in [1.82, 2.24) is 4.72 Å². The molecule has 1 atom stereocenters. The van der Waals surface area contributed by atoms with Crippen molar-refractivity contribution in [3.8, 4) is 0 Å². The molecule has 0 aliphatic heterocycles. The van der Waals surface area contributed by atoms with Gasteiger partial charge in [-0.05, 0) is 24.5 Å². The van der Waals surface area contributed by atoms with Crippen LogP contribution in [0.15, 0.2) is 41.3 Å². The van der Waals surface area contributed by atoms with Crippen LogP contribution in [0.4, 0.5) is 5.69 Å². The van der Waals surface area contributed by atoms with Crippen LogP contribution in [0.3, 0.4) is 0 Å². The van der Waals surface area contributed by atoms with Crippen LogP contribution in [0.1, 0.15) is 20.3 Å². The van der Waals surface area contributed by atoms with Gasteiger partial charge < -0.3 is 10.6 Å². The highest BCUT2D eigenvalue weighted by Crippen LogP contribution is 2.30. The molecule has 2 aromatic rings. The highest BCUT2D eigenvalue weighted by atomic mass is 35.5. The molecule has 144 valence electrons. The van der Waals surface area contributed by atoms with Crippen molar-refractivity contribution in [1.29, 1.82) is 0 Å². The third-order valence-electron chi connectivity index (χ3n) is 3.93. The van der Waals surface area contributed by atoms with Gasteiger partial charge in [-0.1, -0.05) is 38.1 Å². The molecule has 0 saturated heterocycles. The molecule has 3 N–H and O–H groups in total. The molecular weight excluding hydrogens is 374 g/mol. The quantitative estimate of drug-likeness (QED) is 0.778. The number of carbonyl (C=O) groups is 1. The van der Waals surface area contributed by atoms with Crippen molar-refractivity contribution in [2.45, 2.75) is 31.2 Å². The molecule has 0 aliphatic rings. The summed E-state index contributed by atoms with van der Waals surface area (Å²) in [6.07, 6.45) is 0.418. The van der Waals surface area contributed by atoms with Gasteiger partial charge >= 0.3 is 0 Å². The molecule has 0 heterocycles. The number of sulfonamides is 1. The molecule has 0 radical (unpaired) electrons. The van der Waals surface area contributed by atoms with Crippen LogP contribution < -0.4 is 15.4 Å². The maximum atomic E-state index is 12.7. The third-order valence-corrected chi connectivity index (χ3v) is 5.33. The SMILES string of the molecule is CC(C)C[C@H](N)C(=O)NS(=O)(=O)c1cccc2c(N(C)C)cccc12.Cl. The van der Waals surface area contributed by atoms with Crippen LogP contribution in [0.5, 0.6) is 0 Å². The van der Waals surface area contributed by atoms with Gasteiger partial charge in [-0.15, -0.1) is 12.4 Å². The highest BCUT2D eigenvalue weighted by molar-refractivity contribution is 7.90. The molecule has 26 heavy (non-hydrogen) atoms. The van der Waals surface area contributed by atoms with Crippen molar-refractivity contribution in [3.63, 3.8) is 0 Å². The highest BCUT2D eigenvalue weighted by Gasteiger charge is 2.24. The van der Waals surface area contributed by atoms with Gasteiger partial charge in [0.1, 0.15) is 0 Å². The minimum atomic E-state index is -4.01. The zero-order chi connectivity index (χ0) is 18.8. The van der Waals surface area contributed by atoms with Gasteiger partial charge in [0.05, 0.1) is 10.9 Å². The fourth-order valence-corrected chi connectivity index (χ4v) is 4.02. The first kappa shape index (κ1) is 22.2. The number of benzene rings is 2. The number of hydrogen-bond acceptors (Lipinski definition) is 5. The van der Waals surface area contributed by atoms with Gasteiger partial charge in [-0.3, -0.25) is 4.79 Å². The molecule has 0 bridgehead atoms. The Bertz CT molecular complexity index is 882. The van der Waals surface area contributed by atoms with Gasteiger partial charge in [-0.2, -0.15) is 0 Å². The second-order valence-electron chi connectivity index (χ2n) is 6.73. The van der Waals surface area contributed by atoms with E-state index in [9.17, 15) is 13.2 Å². The Kier molecular flexibility index (Phi) is 7.44. The lowest BCUT2D eigenvalue weighted by Crippen LogP contribution is -2.44. The summed E-state index contributed by atoms with van der Waals surface area (Å²) >= 11 is 0. The standard InChI is InChI=1S/C18H25N3O3S.ClH/c1-12(2)11-15(19)18(22)20-25(23,24)17-10-6-7-13-14(17)8-5-9-16(13)21(3)4;/h5-10,12,15H,11,19H2,1-4H3,(H,20,22);1H/t15-;/m0./s1. The summed E-state index contributed by atoms with van der Waals surface area (Å²) < 4.78 is 27.6. The zero-order valence-corrected chi connectivity index (χ0v) is 17.0. The van der Waals surface area contributed by atoms with E-state index in [0.717, 1.165) is 11.1 Å². The van der Waals surface area contributed by atoms with Gasteiger partial charge in [0, 0.05) is 30.6 Å². The summed E-state index contributed by atoms with van der Waals surface area (Å²) in [5.41, 5.74) is 6.70. The summed E-state index contributed by atoms with van der Waals surface area (Å²) in [5, 5.41) is 1.36. The second kappa shape index (κ2) is 8.70. The maximum Gasteiger partial charge on any atom is 0.264 e. The van der Waals surface area contributed by atoms with Gasteiger partial charge in [-0.25, -0.2) is 13.1 Å². The summed E-state index contributed by atoms with van der Waals surface area (Å²) in [7, 11) is -0.224. The number of carbonyl (C=O) groups excluding carboxylic acids is 1. The Morgan fingerprint density at radius 1 is 1.12 bits per heavy atom. The summed E-state index contributed by atoms with van der Waals surface area (Å²) in [5.74, 6) is -0.488. The number of rotatable bonds is 6. The van der Waals surface area contributed by atoms with Crippen molar-refractivity contribution in [2.75, 3.05) is 19.0 Å². The molecule has 0 spiro atoms. The molecule has 0 saturated carbocycles. The predicted octanol–water partition coefficient (Wildman–Crippen LogP) is 2.51. The Hall–Kier alpha value is -1.83. The van der Waals surface area contributed by atoms with E-state index in [1.807, 2.05) is 45.0 Å². The molecule has 2 rings (SSSR count). The average Bonchev–Trinajstić information content (AvgIpc) is 2.52. The first-order valence-electron chi connectivity index (χ1n) is 8.14.